The van der Waals surface area contributed by atoms with Crippen LogP contribution >= 0.6 is 0 Å². The van der Waals surface area contributed by atoms with Crippen LogP contribution in [-0.2, 0) is 4.74 Å². The Morgan fingerprint density at radius 1 is 1.19 bits per heavy atom. The van der Waals surface area contributed by atoms with Gasteiger partial charge in [-0.3, -0.25) is 4.90 Å². The van der Waals surface area contributed by atoms with E-state index in [-0.39, 0.29) is 12.1 Å². The number of hydrogen-bond donors (Lipinski definition) is 2. The van der Waals surface area contributed by atoms with E-state index in [0.29, 0.717) is 6.04 Å². The second-order valence-electron chi connectivity index (χ2n) is 7.08. The monoisotopic (exact) mass is 298 g/mol. The molecule has 0 aliphatic carbocycles. The summed E-state index contributed by atoms with van der Waals surface area (Å²) in [5.41, 5.74) is -0.436. The van der Waals surface area contributed by atoms with E-state index < -0.39 is 5.60 Å². The van der Waals surface area contributed by atoms with E-state index >= 15 is 0 Å². The summed E-state index contributed by atoms with van der Waals surface area (Å²) in [4.78, 5) is 16.8. The number of hydrogen-bond acceptors (Lipinski definition) is 5. The minimum absolute atomic E-state index is 0.184. The maximum Gasteiger partial charge on any atom is 0.410 e. The van der Waals surface area contributed by atoms with Crippen LogP contribution in [0.1, 0.15) is 27.7 Å². The fraction of sp³-hybridized carbons (Fsp3) is 0.933. The van der Waals surface area contributed by atoms with Crippen LogP contribution in [0, 0.1) is 0 Å². The van der Waals surface area contributed by atoms with Gasteiger partial charge in [-0.25, -0.2) is 4.79 Å². The molecule has 2 saturated heterocycles. The van der Waals surface area contributed by atoms with Crippen LogP contribution in [0.3, 0.4) is 0 Å². The van der Waals surface area contributed by atoms with Crippen molar-refractivity contribution in [3.63, 3.8) is 0 Å². The minimum atomic E-state index is -0.436. The highest BCUT2D eigenvalue weighted by atomic mass is 16.6. The smallest absolute Gasteiger partial charge is 0.410 e. The zero-order chi connectivity index (χ0) is 15.5. The quantitative estimate of drug-likeness (QED) is 0.777. The Labute approximate surface area is 128 Å². The van der Waals surface area contributed by atoms with E-state index in [2.05, 4.69) is 22.5 Å². The third-order valence-electron chi connectivity index (χ3n) is 4.06. The molecule has 6 nitrogen and oxygen atoms in total. The summed E-state index contributed by atoms with van der Waals surface area (Å²) in [5, 5.41) is 6.80. The van der Waals surface area contributed by atoms with Crippen LogP contribution in [0.15, 0.2) is 0 Å². The number of nitrogens with zero attached hydrogens (tertiary/aromatic N) is 2. The van der Waals surface area contributed by atoms with Crippen LogP contribution in [0.4, 0.5) is 4.79 Å². The Morgan fingerprint density at radius 2 is 1.86 bits per heavy atom. The van der Waals surface area contributed by atoms with Gasteiger partial charge in [0.1, 0.15) is 5.60 Å². The number of rotatable bonds is 2. The topological polar surface area (TPSA) is 56.8 Å². The van der Waals surface area contributed by atoms with Crippen molar-refractivity contribution in [2.24, 2.45) is 0 Å². The average Bonchev–Trinajstić information content (AvgIpc) is 2.40. The summed E-state index contributed by atoms with van der Waals surface area (Å²) < 4.78 is 5.55. The molecule has 0 aromatic carbocycles. The molecular formula is C15H30N4O2. The van der Waals surface area contributed by atoms with Crippen molar-refractivity contribution in [2.45, 2.75) is 45.4 Å². The van der Waals surface area contributed by atoms with Gasteiger partial charge in [0, 0.05) is 51.9 Å². The van der Waals surface area contributed by atoms with Crippen LogP contribution in [-0.4, -0.2) is 79.4 Å². The van der Waals surface area contributed by atoms with E-state index in [1.54, 1.807) is 0 Å². The van der Waals surface area contributed by atoms with Gasteiger partial charge in [-0.2, -0.15) is 0 Å². The highest BCUT2D eigenvalue weighted by molar-refractivity contribution is 5.68. The molecule has 6 heteroatoms. The van der Waals surface area contributed by atoms with Crippen molar-refractivity contribution >= 4 is 6.09 Å². The van der Waals surface area contributed by atoms with Gasteiger partial charge < -0.3 is 20.3 Å². The predicted molar refractivity (Wildman–Crippen MR) is 83.5 cm³/mol. The van der Waals surface area contributed by atoms with E-state index in [1.807, 2.05) is 25.7 Å². The molecule has 2 heterocycles. The Morgan fingerprint density at radius 3 is 2.52 bits per heavy atom. The lowest BCUT2D eigenvalue weighted by Gasteiger charge is -2.42. The van der Waals surface area contributed by atoms with Gasteiger partial charge in [-0.05, 0) is 27.7 Å². The minimum Gasteiger partial charge on any atom is -0.444 e. The molecule has 2 atom stereocenters. The van der Waals surface area contributed by atoms with Crippen LogP contribution < -0.4 is 10.6 Å². The van der Waals surface area contributed by atoms with Crippen molar-refractivity contribution in [3.8, 4) is 0 Å². The van der Waals surface area contributed by atoms with Gasteiger partial charge in [0.2, 0.25) is 0 Å². The molecule has 2 fully saturated rings. The van der Waals surface area contributed by atoms with Crippen LogP contribution in [0.25, 0.3) is 0 Å². The van der Waals surface area contributed by atoms with Gasteiger partial charge in [0.25, 0.3) is 0 Å². The first-order valence-corrected chi connectivity index (χ1v) is 8.02. The molecule has 122 valence electrons. The molecule has 2 N–H and O–H groups in total. The molecule has 21 heavy (non-hydrogen) atoms. The molecule has 0 radical (unpaired) electrons. The zero-order valence-corrected chi connectivity index (χ0v) is 13.8. The first-order chi connectivity index (χ1) is 9.87. The molecule has 2 rings (SSSR count). The average molecular weight is 298 g/mol. The summed E-state index contributed by atoms with van der Waals surface area (Å²) >= 11 is 0. The normalized spacial score (nSPS) is 28.5. The maximum absolute atomic E-state index is 12.4. The number of nitrogens with one attached hydrogen (secondary N) is 2. The first-order valence-electron chi connectivity index (χ1n) is 8.02. The highest BCUT2D eigenvalue weighted by Crippen LogP contribution is 2.15. The van der Waals surface area contributed by atoms with Crippen molar-refractivity contribution < 1.29 is 9.53 Å². The Balaban J connectivity index is 1.96. The van der Waals surface area contributed by atoms with E-state index in [1.165, 1.54) is 0 Å². The van der Waals surface area contributed by atoms with E-state index in [4.69, 9.17) is 4.74 Å². The summed E-state index contributed by atoms with van der Waals surface area (Å²) in [7, 11) is 0. The summed E-state index contributed by atoms with van der Waals surface area (Å²) in [6.07, 6.45) is -0.184. The SMILES string of the molecule is C[C@@H]1CNCCN1CC1CNCCN1C(=O)OC(C)(C)C. The highest BCUT2D eigenvalue weighted by Gasteiger charge is 2.32. The van der Waals surface area contributed by atoms with Crippen molar-refractivity contribution in [1.82, 2.24) is 20.4 Å². The third-order valence-corrected chi connectivity index (χ3v) is 4.06. The summed E-state index contributed by atoms with van der Waals surface area (Å²) in [6.45, 7) is 14.4. The zero-order valence-electron chi connectivity index (χ0n) is 13.8. The molecule has 0 spiro atoms. The number of piperazine rings is 2. The maximum atomic E-state index is 12.4. The summed E-state index contributed by atoms with van der Waals surface area (Å²) in [6, 6.07) is 0.704. The van der Waals surface area contributed by atoms with Gasteiger partial charge >= 0.3 is 6.09 Å². The Bertz CT molecular complexity index is 356. The van der Waals surface area contributed by atoms with Gasteiger partial charge in [-0.1, -0.05) is 0 Å². The summed E-state index contributed by atoms with van der Waals surface area (Å²) in [5.74, 6) is 0. The second-order valence-corrected chi connectivity index (χ2v) is 7.08. The molecule has 0 aromatic heterocycles. The molecule has 1 amide bonds. The second kappa shape index (κ2) is 6.94. The fourth-order valence-corrected chi connectivity index (χ4v) is 2.91. The molecule has 1 unspecified atom stereocenters. The molecule has 0 bridgehead atoms. The Kier molecular flexibility index (Phi) is 5.46. The lowest BCUT2D eigenvalue weighted by atomic mass is 10.1. The van der Waals surface area contributed by atoms with Gasteiger partial charge in [0.05, 0.1) is 6.04 Å². The fourth-order valence-electron chi connectivity index (χ4n) is 2.91. The van der Waals surface area contributed by atoms with Gasteiger partial charge in [0.15, 0.2) is 0 Å². The molecule has 0 aromatic rings. The lowest BCUT2D eigenvalue weighted by Crippen LogP contribution is -2.61. The first kappa shape index (κ1) is 16.5. The largest absolute Gasteiger partial charge is 0.444 e. The number of carbonyl (C=O) groups excluding carboxylic acids is 1. The van der Waals surface area contributed by atoms with E-state index in [0.717, 1.165) is 45.8 Å². The third kappa shape index (κ3) is 4.83. The molecule has 0 saturated carbocycles. The van der Waals surface area contributed by atoms with Crippen molar-refractivity contribution in [2.75, 3.05) is 45.8 Å². The van der Waals surface area contributed by atoms with Gasteiger partial charge in [-0.15, -0.1) is 0 Å². The van der Waals surface area contributed by atoms with E-state index in [9.17, 15) is 4.79 Å². The van der Waals surface area contributed by atoms with Crippen molar-refractivity contribution in [1.29, 1.82) is 0 Å². The van der Waals surface area contributed by atoms with Crippen LogP contribution in [0.2, 0.25) is 0 Å². The lowest BCUT2D eigenvalue weighted by molar-refractivity contribution is 0.00485. The predicted octanol–water partition coefficient (Wildman–Crippen LogP) is 0.489. The molecule has 2 aliphatic heterocycles. The number of amides is 1. The number of carbonyl (C=O) groups is 1. The molecule has 2 aliphatic rings. The van der Waals surface area contributed by atoms with Crippen molar-refractivity contribution in [3.05, 3.63) is 0 Å². The Hall–Kier alpha value is -0.850. The van der Waals surface area contributed by atoms with Crippen LogP contribution in [0.5, 0.6) is 0 Å². The number of ether oxygens (including phenoxy) is 1. The standard InChI is InChI=1S/C15H30N4O2/c1-12-9-16-5-7-18(12)11-13-10-17-6-8-19(13)14(20)21-15(2,3)4/h12-13,16-17H,5-11H2,1-4H3/t12-,13?/m1/s1. The molecular weight excluding hydrogens is 268 g/mol.